The van der Waals surface area contributed by atoms with E-state index in [4.69, 9.17) is 16.6 Å². The fourth-order valence-corrected chi connectivity index (χ4v) is 7.24. The van der Waals surface area contributed by atoms with E-state index < -0.39 is 0 Å². The maximum absolute atomic E-state index is 13.9. The quantitative estimate of drug-likeness (QED) is 0.272. The van der Waals surface area contributed by atoms with E-state index in [0.29, 0.717) is 27.7 Å². The predicted molar refractivity (Wildman–Crippen MR) is 161 cm³/mol. The van der Waals surface area contributed by atoms with Crippen molar-refractivity contribution in [3.05, 3.63) is 70.7 Å². The third kappa shape index (κ3) is 6.51. The summed E-state index contributed by atoms with van der Waals surface area (Å²) in [5.41, 5.74) is 4.93. The number of carbonyl (C=O) groups excluding carboxylic acids is 1. The normalized spacial score (nSPS) is 16.5. The number of nitriles is 1. The maximum Gasteiger partial charge on any atom is 0.233 e. The average molecular weight is 558 g/mol. The summed E-state index contributed by atoms with van der Waals surface area (Å²) in [5, 5.41) is 11.5. The Morgan fingerprint density at radius 3 is 2.15 bits per heavy atom. The fraction of sp³-hybridized carbons (Fsp3) is 0.424. The minimum absolute atomic E-state index is 0.185. The molecule has 0 spiro atoms. The number of pyridine rings is 1. The van der Waals surface area contributed by atoms with E-state index in [1.54, 1.807) is 0 Å². The Morgan fingerprint density at radius 2 is 1.56 bits per heavy atom. The van der Waals surface area contributed by atoms with Gasteiger partial charge in [0.25, 0.3) is 0 Å². The van der Waals surface area contributed by atoms with Gasteiger partial charge in [0.15, 0.2) is 0 Å². The Balaban J connectivity index is 1.49. The van der Waals surface area contributed by atoms with E-state index in [9.17, 15) is 10.1 Å². The smallest absolute Gasteiger partial charge is 0.233 e. The lowest BCUT2D eigenvalue weighted by molar-refractivity contribution is -0.135. The van der Waals surface area contributed by atoms with Crippen molar-refractivity contribution in [1.82, 2.24) is 9.88 Å². The van der Waals surface area contributed by atoms with Crippen molar-refractivity contribution in [3.63, 3.8) is 0 Å². The van der Waals surface area contributed by atoms with Gasteiger partial charge in [-0.05, 0) is 44.7 Å². The van der Waals surface area contributed by atoms with Crippen LogP contribution in [0.25, 0.3) is 22.4 Å². The Hall–Kier alpha value is -2.81. The fourth-order valence-electron chi connectivity index (χ4n) is 6.13. The molecule has 0 radical (unpaired) electrons. The molecule has 5 rings (SSSR count). The lowest BCUT2D eigenvalue weighted by Crippen LogP contribution is -2.49. The van der Waals surface area contributed by atoms with Gasteiger partial charge in [-0.2, -0.15) is 5.26 Å². The first-order valence-corrected chi connectivity index (χ1v) is 15.6. The van der Waals surface area contributed by atoms with Crippen LogP contribution < -0.4 is 0 Å². The van der Waals surface area contributed by atoms with Crippen molar-refractivity contribution < 1.29 is 4.79 Å². The summed E-state index contributed by atoms with van der Waals surface area (Å²) in [6.07, 6.45) is 11.8. The number of carbonyl (C=O) groups is 1. The molecule has 0 N–H and O–H groups in total. The molecule has 3 aromatic rings. The Morgan fingerprint density at radius 1 is 0.949 bits per heavy atom. The highest BCUT2D eigenvalue weighted by atomic mass is 35.5. The summed E-state index contributed by atoms with van der Waals surface area (Å²) in [6.45, 7) is 2.06. The highest BCUT2D eigenvalue weighted by Crippen LogP contribution is 2.38. The van der Waals surface area contributed by atoms with Crippen LogP contribution in [0.15, 0.2) is 59.6 Å². The summed E-state index contributed by atoms with van der Waals surface area (Å²) in [4.78, 5) is 21.1. The van der Waals surface area contributed by atoms with Gasteiger partial charge in [0.2, 0.25) is 5.91 Å². The van der Waals surface area contributed by atoms with Gasteiger partial charge < -0.3 is 4.90 Å². The largest absolute Gasteiger partial charge is 0.336 e. The molecule has 4 nitrogen and oxygen atoms in total. The summed E-state index contributed by atoms with van der Waals surface area (Å²) < 4.78 is 0. The lowest BCUT2D eigenvalue weighted by Gasteiger charge is -2.41. The number of hydrogen-bond acceptors (Lipinski definition) is 4. The molecule has 2 saturated carbocycles. The molecule has 0 atom stereocenters. The van der Waals surface area contributed by atoms with Crippen molar-refractivity contribution in [1.29, 1.82) is 5.26 Å². The number of thioether (sulfide) groups is 1. The molecule has 1 aromatic heterocycles. The van der Waals surface area contributed by atoms with Gasteiger partial charge in [0.1, 0.15) is 11.1 Å². The van der Waals surface area contributed by atoms with Crippen molar-refractivity contribution in [2.45, 2.75) is 88.2 Å². The third-order valence-corrected chi connectivity index (χ3v) is 9.46. The Kier molecular flexibility index (Phi) is 9.27. The summed E-state index contributed by atoms with van der Waals surface area (Å²) in [7, 11) is 0. The van der Waals surface area contributed by atoms with E-state index >= 15 is 0 Å². The molecule has 1 heterocycles. The third-order valence-electron chi connectivity index (χ3n) is 8.17. The number of halogens is 1. The van der Waals surface area contributed by atoms with Gasteiger partial charge in [-0.1, -0.05) is 110 Å². The van der Waals surface area contributed by atoms with Crippen LogP contribution >= 0.6 is 23.4 Å². The first-order chi connectivity index (χ1) is 19.0. The van der Waals surface area contributed by atoms with Gasteiger partial charge >= 0.3 is 0 Å². The molecular weight excluding hydrogens is 522 g/mol. The van der Waals surface area contributed by atoms with E-state index in [2.05, 4.69) is 30.0 Å². The predicted octanol–water partition coefficient (Wildman–Crippen LogP) is 8.84. The van der Waals surface area contributed by atoms with Gasteiger partial charge in [0, 0.05) is 33.8 Å². The molecule has 2 fully saturated rings. The van der Waals surface area contributed by atoms with Crippen LogP contribution in [-0.4, -0.2) is 33.6 Å². The van der Waals surface area contributed by atoms with E-state index in [1.165, 1.54) is 55.9 Å². The molecule has 1 amide bonds. The van der Waals surface area contributed by atoms with Gasteiger partial charge in [-0.3, -0.25) is 4.79 Å². The number of aryl methyl sites for hydroxylation is 1. The van der Waals surface area contributed by atoms with Crippen LogP contribution in [0.3, 0.4) is 0 Å². The summed E-state index contributed by atoms with van der Waals surface area (Å²) >= 11 is 8.00. The molecule has 2 aromatic carbocycles. The summed E-state index contributed by atoms with van der Waals surface area (Å²) in [5.74, 6) is 0.470. The molecule has 0 unspecified atom stereocenters. The first kappa shape index (κ1) is 27.7. The zero-order chi connectivity index (χ0) is 27.2. The molecule has 6 heteroatoms. The molecule has 39 heavy (non-hydrogen) atoms. The zero-order valence-electron chi connectivity index (χ0n) is 22.7. The summed E-state index contributed by atoms with van der Waals surface area (Å²) in [6, 6.07) is 20.8. The van der Waals surface area contributed by atoms with Crippen LogP contribution in [0, 0.1) is 18.3 Å². The zero-order valence-corrected chi connectivity index (χ0v) is 24.2. The van der Waals surface area contributed by atoms with Crippen LogP contribution in [0.5, 0.6) is 0 Å². The second kappa shape index (κ2) is 13.0. The Labute approximate surface area is 241 Å². The topological polar surface area (TPSA) is 57.0 Å². The average Bonchev–Trinajstić information content (AvgIpc) is 2.97. The molecule has 2 aliphatic carbocycles. The maximum atomic E-state index is 13.9. The van der Waals surface area contributed by atoms with Crippen LogP contribution in [-0.2, 0) is 4.79 Å². The molecule has 202 valence electrons. The number of nitrogens with zero attached hydrogens (tertiary/aromatic N) is 3. The molecule has 2 aliphatic rings. The lowest BCUT2D eigenvalue weighted by atomic mass is 9.88. The van der Waals surface area contributed by atoms with Crippen molar-refractivity contribution in [2.75, 3.05) is 5.75 Å². The van der Waals surface area contributed by atoms with E-state index in [-0.39, 0.29) is 11.7 Å². The monoisotopic (exact) mass is 557 g/mol. The minimum atomic E-state index is 0.185. The van der Waals surface area contributed by atoms with Crippen molar-refractivity contribution in [2.24, 2.45) is 0 Å². The molecular formula is C33H36ClN3OS. The minimum Gasteiger partial charge on any atom is -0.336 e. The van der Waals surface area contributed by atoms with Gasteiger partial charge in [-0.25, -0.2) is 4.98 Å². The van der Waals surface area contributed by atoms with Crippen molar-refractivity contribution >= 4 is 29.3 Å². The van der Waals surface area contributed by atoms with E-state index in [0.717, 1.165) is 48.1 Å². The molecule has 0 bridgehead atoms. The molecule has 0 saturated heterocycles. The van der Waals surface area contributed by atoms with Crippen LogP contribution in [0.1, 0.15) is 75.3 Å². The second-order valence-electron chi connectivity index (χ2n) is 10.9. The number of aromatic nitrogens is 1. The van der Waals surface area contributed by atoms with E-state index in [1.807, 2.05) is 42.5 Å². The highest BCUT2D eigenvalue weighted by molar-refractivity contribution is 8.00. The number of rotatable bonds is 7. The van der Waals surface area contributed by atoms with Gasteiger partial charge in [-0.15, -0.1) is 0 Å². The first-order valence-electron chi connectivity index (χ1n) is 14.3. The Bertz CT molecular complexity index is 1320. The SMILES string of the molecule is Cc1ccc(-c2cc(-c3ccccc3Cl)c(C#N)c(SCC(=O)N(C3CCCCC3)C3CCCCC3)n2)cc1. The standard InChI is InChI=1S/C33H36ClN3OS/c1-23-16-18-24(19-17-23)31-20-28(27-14-8-9-15-30(27)34)29(21-35)33(36-31)39-22-32(38)37(25-10-4-2-5-11-25)26-12-6-3-7-13-26/h8-9,14-20,25-26H,2-7,10-13,22H2,1H3. The number of benzene rings is 2. The van der Waals surface area contributed by atoms with Gasteiger partial charge in [0.05, 0.1) is 17.0 Å². The van der Waals surface area contributed by atoms with Crippen LogP contribution in [0.4, 0.5) is 0 Å². The second-order valence-corrected chi connectivity index (χ2v) is 12.2. The molecule has 0 aliphatic heterocycles. The number of hydrogen-bond donors (Lipinski definition) is 0. The number of amides is 1. The van der Waals surface area contributed by atoms with Crippen LogP contribution in [0.2, 0.25) is 5.02 Å². The van der Waals surface area contributed by atoms with Crippen molar-refractivity contribution in [3.8, 4) is 28.5 Å². The highest BCUT2D eigenvalue weighted by Gasteiger charge is 2.32.